The maximum Gasteiger partial charge on any atom is 0.262 e. The van der Waals surface area contributed by atoms with Crippen molar-refractivity contribution in [1.82, 2.24) is 19.8 Å². The Bertz CT molecular complexity index is 1340. The van der Waals surface area contributed by atoms with Crippen LogP contribution in [0.1, 0.15) is 57.5 Å². The van der Waals surface area contributed by atoms with Crippen LogP contribution >= 0.6 is 0 Å². The summed E-state index contributed by atoms with van der Waals surface area (Å²) in [5.41, 5.74) is 3.03. The van der Waals surface area contributed by atoms with Gasteiger partial charge in [-0.3, -0.25) is 19.3 Å². The molecule has 0 atom stereocenters. The summed E-state index contributed by atoms with van der Waals surface area (Å²) in [4.78, 5) is 53.5. The topological polar surface area (TPSA) is 86.7 Å². The molecule has 8 nitrogen and oxygen atoms in total. The van der Waals surface area contributed by atoms with Crippen LogP contribution in [0.3, 0.4) is 0 Å². The van der Waals surface area contributed by atoms with Crippen LogP contribution < -0.4 is 4.90 Å². The SMILES string of the molecule is Cc1nc2ccccc2nc1N1CCN(C(=O)c2ccc3c(c2)C(=O)N(C(C)(C)C)C3=O)CC1. The fraction of sp³-hybridized carbons (Fsp3) is 0.346. The van der Waals surface area contributed by atoms with Crippen LogP contribution in [-0.2, 0) is 0 Å². The summed E-state index contributed by atoms with van der Waals surface area (Å²) < 4.78 is 0. The lowest BCUT2D eigenvalue weighted by molar-refractivity contribution is 0.0507. The Labute approximate surface area is 198 Å². The van der Waals surface area contributed by atoms with Crippen LogP contribution in [0.25, 0.3) is 11.0 Å². The summed E-state index contributed by atoms with van der Waals surface area (Å²) in [6.07, 6.45) is 0. The van der Waals surface area contributed by atoms with Crippen LogP contribution in [0.4, 0.5) is 5.82 Å². The fourth-order valence-corrected chi connectivity index (χ4v) is 4.67. The van der Waals surface area contributed by atoms with Gasteiger partial charge >= 0.3 is 0 Å². The van der Waals surface area contributed by atoms with E-state index in [1.54, 1.807) is 23.1 Å². The Hall–Kier alpha value is -3.81. The van der Waals surface area contributed by atoms with Crippen molar-refractivity contribution in [2.24, 2.45) is 0 Å². The molecule has 3 heterocycles. The standard InChI is InChI=1S/C26H27N5O3/c1-16-22(28-21-8-6-5-7-20(21)27-16)29-11-13-30(14-12-29)23(32)17-9-10-18-19(15-17)25(34)31(24(18)33)26(2,3)4/h5-10,15H,11-14H2,1-4H3. The van der Waals surface area contributed by atoms with Gasteiger partial charge in [-0.1, -0.05) is 12.1 Å². The van der Waals surface area contributed by atoms with Gasteiger partial charge in [-0.15, -0.1) is 0 Å². The van der Waals surface area contributed by atoms with E-state index in [0.717, 1.165) is 22.5 Å². The summed E-state index contributed by atoms with van der Waals surface area (Å²) in [5.74, 6) is 0.0391. The maximum absolute atomic E-state index is 13.2. The first kappa shape index (κ1) is 22.0. The lowest BCUT2D eigenvalue weighted by Crippen LogP contribution is -2.49. The lowest BCUT2D eigenvalue weighted by atomic mass is 10.0. The predicted octanol–water partition coefficient (Wildman–Crippen LogP) is 3.30. The first-order chi connectivity index (χ1) is 16.1. The minimum absolute atomic E-state index is 0.141. The number of hydrogen-bond donors (Lipinski definition) is 0. The van der Waals surface area contributed by atoms with Gasteiger partial charge in [0.05, 0.1) is 27.9 Å². The van der Waals surface area contributed by atoms with E-state index in [2.05, 4.69) is 9.88 Å². The van der Waals surface area contributed by atoms with Gasteiger partial charge in [0, 0.05) is 37.3 Å². The average Bonchev–Trinajstić information content (AvgIpc) is 3.07. The molecular weight excluding hydrogens is 430 g/mol. The van der Waals surface area contributed by atoms with E-state index in [9.17, 15) is 14.4 Å². The van der Waals surface area contributed by atoms with Gasteiger partial charge in [-0.05, 0) is 58.0 Å². The maximum atomic E-state index is 13.2. The summed E-state index contributed by atoms with van der Waals surface area (Å²) >= 11 is 0. The molecule has 8 heteroatoms. The highest BCUT2D eigenvalue weighted by atomic mass is 16.2. The van der Waals surface area contributed by atoms with E-state index < -0.39 is 5.54 Å². The minimum atomic E-state index is -0.628. The fourth-order valence-electron chi connectivity index (χ4n) is 4.67. The summed E-state index contributed by atoms with van der Waals surface area (Å²) in [6.45, 7) is 9.76. The molecular formula is C26H27N5O3. The van der Waals surface area contributed by atoms with Crippen molar-refractivity contribution in [2.45, 2.75) is 33.2 Å². The number of para-hydroxylation sites is 2. The van der Waals surface area contributed by atoms with Crippen LogP contribution in [0, 0.1) is 6.92 Å². The molecule has 1 fully saturated rings. The molecule has 34 heavy (non-hydrogen) atoms. The van der Waals surface area contributed by atoms with Gasteiger partial charge in [0.2, 0.25) is 0 Å². The Kier molecular flexibility index (Phi) is 5.11. The number of carbonyl (C=O) groups excluding carboxylic acids is 3. The number of benzene rings is 2. The van der Waals surface area contributed by atoms with E-state index in [0.29, 0.717) is 42.9 Å². The molecule has 3 aromatic rings. The number of fused-ring (bicyclic) bond motifs is 2. The second-order valence-electron chi connectivity index (χ2n) is 9.78. The Balaban J connectivity index is 1.32. The third-order valence-electron chi connectivity index (χ3n) is 6.39. The van der Waals surface area contributed by atoms with Crippen molar-refractivity contribution < 1.29 is 14.4 Å². The second-order valence-corrected chi connectivity index (χ2v) is 9.78. The molecule has 2 aliphatic rings. The van der Waals surface area contributed by atoms with E-state index in [1.165, 1.54) is 4.90 Å². The van der Waals surface area contributed by atoms with E-state index >= 15 is 0 Å². The number of aryl methyl sites for hydroxylation is 1. The second kappa shape index (κ2) is 7.90. The van der Waals surface area contributed by atoms with E-state index in [-0.39, 0.29) is 17.7 Å². The van der Waals surface area contributed by atoms with Crippen molar-refractivity contribution in [3.05, 3.63) is 64.8 Å². The van der Waals surface area contributed by atoms with E-state index in [4.69, 9.17) is 4.98 Å². The third kappa shape index (κ3) is 3.59. The van der Waals surface area contributed by atoms with Crippen molar-refractivity contribution >= 4 is 34.6 Å². The zero-order valence-electron chi connectivity index (χ0n) is 19.8. The normalized spacial score (nSPS) is 16.4. The molecule has 2 aliphatic heterocycles. The Morgan fingerprint density at radius 2 is 1.47 bits per heavy atom. The molecule has 0 radical (unpaired) electrons. The van der Waals surface area contributed by atoms with Gasteiger partial charge in [0.15, 0.2) is 5.82 Å². The molecule has 1 aromatic heterocycles. The van der Waals surface area contributed by atoms with Gasteiger partial charge in [0.1, 0.15) is 0 Å². The molecule has 0 spiro atoms. The number of anilines is 1. The largest absolute Gasteiger partial charge is 0.352 e. The molecule has 5 rings (SSSR count). The number of piperazine rings is 1. The number of aromatic nitrogens is 2. The van der Waals surface area contributed by atoms with E-state index in [1.807, 2.05) is 52.0 Å². The first-order valence-electron chi connectivity index (χ1n) is 11.5. The first-order valence-corrected chi connectivity index (χ1v) is 11.5. The number of carbonyl (C=O) groups is 3. The number of amides is 3. The zero-order valence-corrected chi connectivity index (χ0v) is 19.8. The highest BCUT2D eigenvalue weighted by molar-refractivity contribution is 6.22. The van der Waals surface area contributed by atoms with Crippen LogP contribution in [0.15, 0.2) is 42.5 Å². The van der Waals surface area contributed by atoms with Crippen molar-refractivity contribution in [3.63, 3.8) is 0 Å². The van der Waals surface area contributed by atoms with Crippen LogP contribution in [0.2, 0.25) is 0 Å². The van der Waals surface area contributed by atoms with Gasteiger partial charge in [-0.2, -0.15) is 0 Å². The quantitative estimate of drug-likeness (QED) is 0.549. The van der Waals surface area contributed by atoms with Crippen LogP contribution in [-0.4, -0.2) is 69.2 Å². The molecule has 174 valence electrons. The molecule has 0 aliphatic carbocycles. The highest BCUT2D eigenvalue weighted by Gasteiger charge is 2.42. The molecule has 3 amide bonds. The smallest absolute Gasteiger partial charge is 0.262 e. The molecule has 0 unspecified atom stereocenters. The van der Waals surface area contributed by atoms with Crippen molar-refractivity contribution in [1.29, 1.82) is 0 Å². The van der Waals surface area contributed by atoms with Gasteiger partial charge in [0.25, 0.3) is 17.7 Å². The number of imide groups is 1. The van der Waals surface area contributed by atoms with Crippen molar-refractivity contribution in [2.75, 3.05) is 31.1 Å². The van der Waals surface area contributed by atoms with Crippen LogP contribution in [0.5, 0.6) is 0 Å². The zero-order chi connectivity index (χ0) is 24.2. The minimum Gasteiger partial charge on any atom is -0.352 e. The highest BCUT2D eigenvalue weighted by Crippen LogP contribution is 2.30. The summed E-state index contributed by atoms with van der Waals surface area (Å²) in [5, 5.41) is 0. The predicted molar refractivity (Wildman–Crippen MR) is 129 cm³/mol. The Morgan fingerprint density at radius 1 is 0.853 bits per heavy atom. The van der Waals surface area contributed by atoms with Gasteiger partial charge in [-0.25, -0.2) is 9.97 Å². The average molecular weight is 458 g/mol. The number of nitrogens with zero attached hydrogens (tertiary/aromatic N) is 5. The molecule has 0 N–H and O–H groups in total. The van der Waals surface area contributed by atoms with Crippen molar-refractivity contribution in [3.8, 4) is 0 Å². The lowest BCUT2D eigenvalue weighted by Gasteiger charge is -2.36. The Morgan fingerprint density at radius 3 is 2.12 bits per heavy atom. The summed E-state index contributed by atoms with van der Waals surface area (Å²) in [7, 11) is 0. The monoisotopic (exact) mass is 457 g/mol. The molecule has 0 saturated carbocycles. The van der Waals surface area contributed by atoms with Gasteiger partial charge < -0.3 is 9.80 Å². The number of hydrogen-bond acceptors (Lipinski definition) is 6. The molecule has 0 bridgehead atoms. The summed E-state index contributed by atoms with van der Waals surface area (Å²) in [6, 6.07) is 12.6. The molecule has 1 saturated heterocycles. The number of rotatable bonds is 2. The molecule has 2 aromatic carbocycles. The third-order valence-corrected chi connectivity index (χ3v) is 6.39.